The van der Waals surface area contributed by atoms with Crippen molar-refractivity contribution in [3.8, 4) is 0 Å². The summed E-state index contributed by atoms with van der Waals surface area (Å²) in [5.41, 5.74) is -1.40. The molecule has 10 heteroatoms. The molecule has 98 valence electrons. The number of carboxylic acid groups (broad SMARTS) is 1. The quantitative estimate of drug-likeness (QED) is 0.604. The van der Waals surface area contributed by atoms with Gasteiger partial charge in [-0.05, 0) is 5.21 Å². The van der Waals surface area contributed by atoms with Crippen LogP contribution < -0.4 is 10.6 Å². The topological polar surface area (TPSA) is 131 Å². The third kappa shape index (κ3) is 2.37. The average Bonchev–Trinajstić information content (AvgIpc) is 2.89. The summed E-state index contributed by atoms with van der Waals surface area (Å²) >= 11 is 0. The molecule has 1 aliphatic rings. The van der Waals surface area contributed by atoms with Crippen molar-refractivity contribution < 1.29 is 19.4 Å². The molecule has 1 unspecified atom stereocenters. The standard InChI is InChI=1S/C8H12N6O4/c1-14-12-6(11-13-14)9-7(17)10-8(5(15)16)2-3-18-4-8/h2-4H2,1H3,(H,15,16)(H2,9,10,12,17). The van der Waals surface area contributed by atoms with Gasteiger partial charge in [-0.1, -0.05) is 5.10 Å². The Labute approximate surface area is 101 Å². The van der Waals surface area contributed by atoms with Crippen LogP contribution in [-0.2, 0) is 16.6 Å². The number of nitrogens with one attached hydrogen (secondary N) is 2. The lowest BCUT2D eigenvalue weighted by atomic mass is 9.99. The van der Waals surface area contributed by atoms with E-state index in [1.54, 1.807) is 7.05 Å². The Hall–Kier alpha value is -2.23. The van der Waals surface area contributed by atoms with E-state index >= 15 is 0 Å². The molecule has 0 saturated carbocycles. The number of carbonyl (C=O) groups excluding carboxylic acids is 1. The zero-order chi connectivity index (χ0) is 13.2. The van der Waals surface area contributed by atoms with Crippen molar-refractivity contribution in [3.05, 3.63) is 0 Å². The van der Waals surface area contributed by atoms with E-state index < -0.39 is 17.5 Å². The van der Waals surface area contributed by atoms with Gasteiger partial charge in [-0.25, -0.2) is 9.59 Å². The van der Waals surface area contributed by atoms with Gasteiger partial charge in [-0.15, -0.1) is 5.10 Å². The van der Waals surface area contributed by atoms with E-state index in [-0.39, 0.29) is 25.6 Å². The lowest BCUT2D eigenvalue weighted by Crippen LogP contribution is -2.56. The van der Waals surface area contributed by atoms with Gasteiger partial charge in [0, 0.05) is 13.0 Å². The van der Waals surface area contributed by atoms with Crippen LogP contribution in [0.2, 0.25) is 0 Å². The Morgan fingerprint density at radius 3 is 2.83 bits per heavy atom. The fraction of sp³-hybridized carbons (Fsp3) is 0.625. The van der Waals surface area contributed by atoms with Gasteiger partial charge in [0.2, 0.25) is 0 Å². The number of ether oxygens (including phenoxy) is 1. The second-order valence-corrected chi connectivity index (χ2v) is 3.87. The van der Waals surface area contributed by atoms with Gasteiger partial charge < -0.3 is 15.2 Å². The summed E-state index contributed by atoms with van der Waals surface area (Å²) in [5, 5.41) is 24.6. The monoisotopic (exact) mass is 256 g/mol. The lowest BCUT2D eigenvalue weighted by molar-refractivity contribution is -0.144. The summed E-state index contributed by atoms with van der Waals surface area (Å²) in [6.45, 7) is 0.222. The summed E-state index contributed by atoms with van der Waals surface area (Å²) in [6, 6.07) is -0.712. The molecule has 0 radical (unpaired) electrons. The number of carboxylic acids is 1. The van der Waals surface area contributed by atoms with Crippen LogP contribution in [0.25, 0.3) is 0 Å². The lowest BCUT2D eigenvalue weighted by Gasteiger charge is -2.23. The Morgan fingerprint density at radius 1 is 1.56 bits per heavy atom. The minimum atomic E-state index is -1.40. The highest BCUT2D eigenvalue weighted by Crippen LogP contribution is 2.18. The maximum absolute atomic E-state index is 11.6. The number of amides is 2. The number of aromatic nitrogens is 4. The maximum atomic E-state index is 11.6. The molecule has 1 atom stereocenters. The molecule has 0 bridgehead atoms. The van der Waals surface area contributed by atoms with Crippen molar-refractivity contribution in [1.82, 2.24) is 25.5 Å². The number of hydrogen-bond acceptors (Lipinski definition) is 6. The number of anilines is 1. The Balaban J connectivity index is 1.99. The van der Waals surface area contributed by atoms with Gasteiger partial charge in [0.15, 0.2) is 5.54 Å². The molecule has 3 N–H and O–H groups in total. The Kier molecular flexibility index (Phi) is 3.10. The molecule has 1 fully saturated rings. The van der Waals surface area contributed by atoms with Crippen LogP contribution in [0, 0.1) is 0 Å². The molecule has 18 heavy (non-hydrogen) atoms. The summed E-state index contributed by atoms with van der Waals surface area (Å²) in [5.74, 6) is -1.14. The number of aryl methyl sites for hydroxylation is 1. The van der Waals surface area contributed by atoms with Crippen LogP contribution in [0.3, 0.4) is 0 Å². The molecule has 0 aliphatic carbocycles. The summed E-state index contributed by atoms with van der Waals surface area (Å²) in [7, 11) is 1.54. The first-order chi connectivity index (χ1) is 8.52. The van der Waals surface area contributed by atoms with Crippen molar-refractivity contribution in [2.24, 2.45) is 7.05 Å². The van der Waals surface area contributed by atoms with E-state index in [0.29, 0.717) is 0 Å². The second-order valence-electron chi connectivity index (χ2n) is 3.87. The predicted octanol–water partition coefficient (Wildman–Crippen LogP) is -1.42. The summed E-state index contributed by atoms with van der Waals surface area (Å²) < 4.78 is 5.01. The summed E-state index contributed by atoms with van der Waals surface area (Å²) in [4.78, 5) is 23.9. The number of hydrogen-bond donors (Lipinski definition) is 3. The number of aliphatic carboxylic acids is 1. The Morgan fingerprint density at radius 2 is 2.33 bits per heavy atom. The third-order valence-electron chi connectivity index (χ3n) is 2.52. The molecule has 1 aromatic heterocycles. The van der Waals surface area contributed by atoms with Gasteiger partial charge in [0.1, 0.15) is 0 Å². The molecular weight excluding hydrogens is 244 g/mol. The number of rotatable bonds is 3. The molecule has 1 saturated heterocycles. The van der Waals surface area contributed by atoms with E-state index in [9.17, 15) is 9.59 Å². The Bertz CT molecular complexity index is 466. The van der Waals surface area contributed by atoms with E-state index in [0.717, 1.165) is 0 Å². The molecule has 1 aliphatic heterocycles. The van der Waals surface area contributed by atoms with Crippen LogP contribution in [0.1, 0.15) is 6.42 Å². The van der Waals surface area contributed by atoms with Crippen LogP contribution in [0.15, 0.2) is 0 Å². The molecule has 2 amide bonds. The SMILES string of the molecule is Cn1nnc(NC(=O)NC2(C(=O)O)CCOC2)n1. The largest absolute Gasteiger partial charge is 0.479 e. The van der Waals surface area contributed by atoms with Crippen LogP contribution in [0.4, 0.5) is 10.7 Å². The number of urea groups is 1. The smallest absolute Gasteiger partial charge is 0.332 e. The number of carbonyl (C=O) groups is 2. The van der Waals surface area contributed by atoms with E-state index in [2.05, 4.69) is 26.0 Å². The minimum Gasteiger partial charge on any atom is -0.479 e. The third-order valence-corrected chi connectivity index (χ3v) is 2.52. The predicted molar refractivity (Wildman–Crippen MR) is 56.8 cm³/mol. The normalized spacial score (nSPS) is 22.7. The first kappa shape index (κ1) is 12.2. The van der Waals surface area contributed by atoms with Crippen molar-refractivity contribution in [2.45, 2.75) is 12.0 Å². The highest BCUT2D eigenvalue weighted by molar-refractivity contribution is 5.92. The van der Waals surface area contributed by atoms with E-state index in [4.69, 9.17) is 9.84 Å². The van der Waals surface area contributed by atoms with Gasteiger partial charge in [-0.3, -0.25) is 5.32 Å². The molecule has 10 nitrogen and oxygen atoms in total. The van der Waals surface area contributed by atoms with E-state index in [1.807, 2.05) is 0 Å². The highest BCUT2D eigenvalue weighted by Gasteiger charge is 2.44. The average molecular weight is 256 g/mol. The number of tetrazole rings is 1. The number of nitrogens with zero attached hydrogens (tertiary/aromatic N) is 4. The fourth-order valence-corrected chi connectivity index (χ4v) is 1.57. The molecule has 2 rings (SSSR count). The molecule has 0 spiro atoms. The maximum Gasteiger partial charge on any atom is 0.332 e. The zero-order valence-corrected chi connectivity index (χ0v) is 9.58. The molecule has 2 heterocycles. The van der Waals surface area contributed by atoms with Crippen molar-refractivity contribution in [3.63, 3.8) is 0 Å². The first-order valence-electron chi connectivity index (χ1n) is 5.16. The van der Waals surface area contributed by atoms with Crippen LogP contribution in [-0.4, -0.2) is 56.1 Å². The van der Waals surface area contributed by atoms with Gasteiger partial charge >= 0.3 is 12.0 Å². The van der Waals surface area contributed by atoms with Crippen molar-refractivity contribution in [1.29, 1.82) is 0 Å². The highest BCUT2D eigenvalue weighted by atomic mass is 16.5. The van der Waals surface area contributed by atoms with Crippen molar-refractivity contribution >= 4 is 17.9 Å². The fourth-order valence-electron chi connectivity index (χ4n) is 1.57. The van der Waals surface area contributed by atoms with E-state index in [1.165, 1.54) is 4.80 Å². The van der Waals surface area contributed by atoms with Crippen LogP contribution in [0.5, 0.6) is 0 Å². The van der Waals surface area contributed by atoms with Gasteiger partial charge in [0.25, 0.3) is 5.95 Å². The van der Waals surface area contributed by atoms with Gasteiger partial charge in [0.05, 0.1) is 13.7 Å². The van der Waals surface area contributed by atoms with Crippen molar-refractivity contribution in [2.75, 3.05) is 18.5 Å². The van der Waals surface area contributed by atoms with Crippen LogP contribution >= 0.6 is 0 Å². The minimum absolute atomic E-state index is 0.00514. The zero-order valence-electron chi connectivity index (χ0n) is 9.58. The summed E-state index contributed by atoms with van der Waals surface area (Å²) in [6.07, 6.45) is 0.212. The molecule has 0 aromatic carbocycles. The van der Waals surface area contributed by atoms with Gasteiger partial charge in [-0.2, -0.15) is 4.80 Å². The molecular formula is C8H12N6O4. The second kappa shape index (κ2) is 4.56. The first-order valence-corrected chi connectivity index (χ1v) is 5.16. The molecule has 1 aromatic rings.